The Balaban J connectivity index is 1.55. The van der Waals surface area contributed by atoms with Crippen LogP contribution in [0.5, 0.6) is 5.75 Å². The van der Waals surface area contributed by atoms with Crippen LogP contribution in [0.15, 0.2) is 66.7 Å². The molecule has 0 heterocycles. The Labute approximate surface area is 204 Å². The second kappa shape index (κ2) is 11.8. The van der Waals surface area contributed by atoms with E-state index in [1.807, 2.05) is 24.3 Å². The summed E-state index contributed by atoms with van der Waals surface area (Å²) in [7, 11) is -3.84. The molecule has 186 valence electrons. The summed E-state index contributed by atoms with van der Waals surface area (Å²) in [5, 5.41) is 2.77. The van der Waals surface area contributed by atoms with Gasteiger partial charge in [0.15, 0.2) is 0 Å². The van der Waals surface area contributed by atoms with E-state index in [2.05, 4.69) is 12.2 Å². The van der Waals surface area contributed by atoms with Gasteiger partial charge in [0.1, 0.15) is 24.0 Å². The Morgan fingerprint density at radius 3 is 2.23 bits per heavy atom. The number of hydrogen-bond donors (Lipinski definition) is 1. The lowest BCUT2D eigenvalue weighted by Crippen LogP contribution is -2.30. The van der Waals surface area contributed by atoms with Crippen LogP contribution in [0, 0.1) is 11.6 Å². The fourth-order valence-corrected chi connectivity index (χ4v) is 4.36. The molecule has 0 aromatic heterocycles. The average Bonchev–Trinajstić information content (AvgIpc) is 2.81. The number of aryl methyl sites for hydroxylation is 1. The smallest absolute Gasteiger partial charge is 0.251 e. The number of hydrogen-bond acceptors (Lipinski definition) is 4. The van der Waals surface area contributed by atoms with Gasteiger partial charge in [-0.05, 0) is 53.9 Å². The van der Waals surface area contributed by atoms with Crippen LogP contribution in [0.4, 0.5) is 14.5 Å². The van der Waals surface area contributed by atoms with Crippen LogP contribution in [0.3, 0.4) is 0 Å². The lowest BCUT2D eigenvalue weighted by molar-refractivity contribution is 0.0947. The Bertz CT molecular complexity index is 1250. The first-order valence-corrected chi connectivity index (χ1v) is 13.0. The summed E-state index contributed by atoms with van der Waals surface area (Å²) in [4.78, 5) is 12.4. The highest BCUT2D eigenvalue weighted by molar-refractivity contribution is 7.92. The molecule has 3 aromatic rings. The average molecular weight is 503 g/mol. The minimum atomic E-state index is -3.84. The first kappa shape index (κ1) is 26.2. The van der Waals surface area contributed by atoms with Gasteiger partial charge in [-0.25, -0.2) is 17.2 Å². The number of rotatable bonds is 11. The normalized spacial score (nSPS) is 11.2. The summed E-state index contributed by atoms with van der Waals surface area (Å²) in [5.74, 6) is -1.35. The van der Waals surface area contributed by atoms with Gasteiger partial charge in [-0.1, -0.05) is 37.6 Å². The van der Waals surface area contributed by atoms with Crippen molar-refractivity contribution in [2.45, 2.75) is 26.3 Å². The summed E-state index contributed by atoms with van der Waals surface area (Å²) in [6, 6.07) is 16.8. The Morgan fingerprint density at radius 2 is 1.63 bits per heavy atom. The van der Waals surface area contributed by atoms with Gasteiger partial charge in [-0.2, -0.15) is 0 Å². The van der Waals surface area contributed by atoms with Gasteiger partial charge in [0, 0.05) is 11.6 Å². The highest BCUT2D eigenvalue weighted by Crippen LogP contribution is 2.25. The van der Waals surface area contributed by atoms with E-state index in [-0.39, 0.29) is 18.1 Å². The van der Waals surface area contributed by atoms with Crippen molar-refractivity contribution in [2.24, 2.45) is 0 Å². The van der Waals surface area contributed by atoms with E-state index in [4.69, 9.17) is 4.74 Å². The zero-order chi connectivity index (χ0) is 25.4. The van der Waals surface area contributed by atoms with Gasteiger partial charge < -0.3 is 10.1 Å². The molecule has 3 rings (SSSR count). The minimum absolute atomic E-state index is 0.172. The lowest BCUT2D eigenvalue weighted by Gasteiger charge is -2.23. The number of nitrogens with one attached hydrogen (secondary N) is 1. The van der Waals surface area contributed by atoms with Crippen molar-refractivity contribution in [1.29, 1.82) is 0 Å². The molecule has 0 spiro atoms. The topological polar surface area (TPSA) is 75.7 Å². The second-order valence-electron chi connectivity index (χ2n) is 8.06. The highest BCUT2D eigenvalue weighted by Gasteiger charge is 2.21. The molecule has 0 aliphatic carbocycles. The monoisotopic (exact) mass is 502 g/mol. The second-order valence-corrected chi connectivity index (χ2v) is 9.97. The minimum Gasteiger partial charge on any atom is -0.492 e. The number of benzene rings is 3. The molecule has 0 saturated carbocycles. The lowest BCUT2D eigenvalue weighted by atomic mass is 10.1. The van der Waals surface area contributed by atoms with Crippen molar-refractivity contribution in [3.63, 3.8) is 0 Å². The van der Waals surface area contributed by atoms with Gasteiger partial charge in [-0.3, -0.25) is 9.10 Å². The molecule has 3 aromatic carbocycles. The van der Waals surface area contributed by atoms with Crippen LogP contribution in [-0.4, -0.2) is 33.7 Å². The van der Waals surface area contributed by atoms with Crippen molar-refractivity contribution in [1.82, 2.24) is 5.32 Å². The first-order valence-electron chi connectivity index (χ1n) is 11.2. The van der Waals surface area contributed by atoms with Crippen molar-refractivity contribution in [3.8, 4) is 5.75 Å². The molecule has 1 amide bonds. The molecule has 0 radical (unpaired) electrons. The van der Waals surface area contributed by atoms with Gasteiger partial charge >= 0.3 is 0 Å². The van der Waals surface area contributed by atoms with Crippen molar-refractivity contribution >= 4 is 21.6 Å². The summed E-state index contributed by atoms with van der Waals surface area (Å²) in [6.45, 7) is 2.57. The van der Waals surface area contributed by atoms with E-state index in [1.165, 1.54) is 5.56 Å². The molecule has 0 aliphatic heterocycles. The van der Waals surface area contributed by atoms with E-state index >= 15 is 0 Å². The number of nitrogens with zero attached hydrogens (tertiary/aromatic N) is 1. The first-order chi connectivity index (χ1) is 16.7. The van der Waals surface area contributed by atoms with Gasteiger partial charge in [0.2, 0.25) is 10.0 Å². The number of carbonyl (C=O) groups excluding carboxylic acids is 1. The SMILES string of the molecule is CCCc1ccc(OCCNC(=O)c2ccc(CN(c3ccc(F)cc3F)S(C)(=O)=O)cc2)cc1. The fraction of sp³-hybridized carbons (Fsp3) is 0.269. The molecular weight excluding hydrogens is 474 g/mol. The highest BCUT2D eigenvalue weighted by atomic mass is 32.2. The number of ether oxygens (including phenoxy) is 1. The van der Waals surface area contributed by atoms with Crippen molar-refractivity contribution in [2.75, 3.05) is 23.7 Å². The number of anilines is 1. The van der Waals surface area contributed by atoms with Gasteiger partial charge in [-0.15, -0.1) is 0 Å². The molecule has 1 N–H and O–H groups in total. The molecule has 0 saturated heterocycles. The number of halogens is 2. The molecule has 0 aliphatic rings. The standard InChI is InChI=1S/C26H28F2N2O4S/c1-3-4-19-7-12-23(13-8-19)34-16-15-29-26(31)21-9-5-20(6-10-21)18-30(35(2,32)33)25-14-11-22(27)17-24(25)28/h5-14,17H,3-4,15-16,18H2,1-2H3,(H,29,31). The molecule has 35 heavy (non-hydrogen) atoms. The quantitative estimate of drug-likeness (QED) is 0.386. The Kier molecular flexibility index (Phi) is 8.81. The van der Waals surface area contributed by atoms with Crippen LogP contribution < -0.4 is 14.4 Å². The molecule has 9 heteroatoms. The van der Waals surface area contributed by atoms with Crippen LogP contribution in [0.2, 0.25) is 0 Å². The summed E-state index contributed by atoms with van der Waals surface area (Å²) < 4.78 is 58.4. The Hall–Kier alpha value is -3.46. The number of amides is 1. The molecular formula is C26H28F2N2O4S. The summed E-state index contributed by atoms with van der Waals surface area (Å²) in [6.07, 6.45) is 3.04. The zero-order valence-corrected chi connectivity index (χ0v) is 20.4. The van der Waals surface area contributed by atoms with Gasteiger partial charge in [0.05, 0.1) is 25.0 Å². The van der Waals surface area contributed by atoms with Crippen molar-refractivity contribution < 1.29 is 26.7 Å². The molecule has 0 fully saturated rings. The third-order valence-corrected chi connectivity index (χ3v) is 6.37. The van der Waals surface area contributed by atoms with E-state index < -0.39 is 21.7 Å². The molecule has 0 atom stereocenters. The number of carbonyl (C=O) groups is 1. The maximum Gasteiger partial charge on any atom is 0.251 e. The van der Waals surface area contributed by atoms with Crippen LogP contribution in [0.1, 0.15) is 34.8 Å². The zero-order valence-electron chi connectivity index (χ0n) is 19.6. The predicted octanol–water partition coefficient (Wildman–Crippen LogP) is 4.69. The van der Waals surface area contributed by atoms with E-state index in [0.29, 0.717) is 30.3 Å². The van der Waals surface area contributed by atoms with Crippen LogP contribution >= 0.6 is 0 Å². The summed E-state index contributed by atoms with van der Waals surface area (Å²) >= 11 is 0. The number of sulfonamides is 1. The van der Waals surface area contributed by atoms with E-state index in [1.54, 1.807) is 24.3 Å². The van der Waals surface area contributed by atoms with Crippen molar-refractivity contribution in [3.05, 3.63) is 95.1 Å². The third-order valence-electron chi connectivity index (χ3n) is 5.24. The Morgan fingerprint density at radius 1 is 0.971 bits per heavy atom. The fourth-order valence-electron chi connectivity index (χ4n) is 3.47. The molecule has 6 nitrogen and oxygen atoms in total. The van der Waals surface area contributed by atoms with Crippen LogP contribution in [0.25, 0.3) is 0 Å². The maximum absolute atomic E-state index is 14.2. The van der Waals surface area contributed by atoms with Crippen LogP contribution in [-0.2, 0) is 23.0 Å². The largest absolute Gasteiger partial charge is 0.492 e. The maximum atomic E-state index is 14.2. The molecule has 0 bridgehead atoms. The van der Waals surface area contributed by atoms with Gasteiger partial charge in [0.25, 0.3) is 5.91 Å². The predicted molar refractivity (Wildman–Crippen MR) is 132 cm³/mol. The molecule has 0 unspecified atom stereocenters. The van der Waals surface area contributed by atoms with E-state index in [9.17, 15) is 22.0 Å². The summed E-state index contributed by atoms with van der Waals surface area (Å²) in [5.41, 5.74) is 1.91. The van der Waals surface area contributed by atoms with E-state index in [0.717, 1.165) is 41.3 Å². The third kappa shape index (κ3) is 7.51.